The Bertz CT molecular complexity index is 793. The van der Waals surface area contributed by atoms with E-state index in [0.29, 0.717) is 21.1 Å². The van der Waals surface area contributed by atoms with Gasteiger partial charge in [-0.25, -0.2) is 4.79 Å². The fourth-order valence-electron chi connectivity index (χ4n) is 2.33. The second-order valence-electron chi connectivity index (χ2n) is 5.19. The van der Waals surface area contributed by atoms with Gasteiger partial charge < -0.3 is 14.7 Å². The molecule has 1 aliphatic rings. The normalized spacial score (nSPS) is 16.4. The third kappa shape index (κ3) is 3.62. The van der Waals surface area contributed by atoms with Gasteiger partial charge >= 0.3 is 5.97 Å². The van der Waals surface area contributed by atoms with Gasteiger partial charge in [0.2, 0.25) is 0 Å². The standard InChI is InChI=1S/C17H13Br2NO4/c18-13-7-6-12(17(21)22)15(19)16(13)23-9-11-8-14(20-24-11)10-4-2-1-3-5-10/h1-7,11H,8-9H2,(H,21,22). The predicted octanol–water partition coefficient (Wildman–Crippen LogP) is 4.48. The Balaban J connectivity index is 1.66. The van der Waals surface area contributed by atoms with Crippen molar-refractivity contribution in [1.82, 2.24) is 0 Å². The van der Waals surface area contributed by atoms with E-state index in [2.05, 4.69) is 37.0 Å². The molecule has 0 spiro atoms. The number of aromatic carboxylic acids is 1. The smallest absolute Gasteiger partial charge is 0.336 e. The lowest BCUT2D eigenvalue weighted by molar-refractivity contribution is 0.0465. The average Bonchev–Trinajstić information content (AvgIpc) is 3.04. The molecule has 0 fully saturated rings. The molecule has 1 unspecified atom stereocenters. The Morgan fingerprint density at radius 2 is 2.00 bits per heavy atom. The van der Waals surface area contributed by atoms with Crippen LogP contribution in [0.25, 0.3) is 0 Å². The molecule has 1 N–H and O–H groups in total. The third-order valence-electron chi connectivity index (χ3n) is 3.53. The summed E-state index contributed by atoms with van der Waals surface area (Å²) in [6.07, 6.45) is 0.421. The van der Waals surface area contributed by atoms with Crippen molar-refractivity contribution in [2.75, 3.05) is 6.61 Å². The largest absolute Gasteiger partial charge is 0.487 e. The number of oxime groups is 1. The van der Waals surface area contributed by atoms with Crippen molar-refractivity contribution in [3.05, 3.63) is 62.5 Å². The molecule has 2 aromatic rings. The molecule has 0 saturated carbocycles. The molecule has 24 heavy (non-hydrogen) atoms. The number of halogens is 2. The lowest BCUT2D eigenvalue weighted by Gasteiger charge is -2.14. The number of carbonyl (C=O) groups is 1. The van der Waals surface area contributed by atoms with Crippen molar-refractivity contribution in [3.8, 4) is 5.75 Å². The highest BCUT2D eigenvalue weighted by atomic mass is 79.9. The molecule has 7 heteroatoms. The van der Waals surface area contributed by atoms with E-state index in [1.807, 2.05) is 30.3 Å². The zero-order chi connectivity index (χ0) is 17.1. The van der Waals surface area contributed by atoms with Crippen LogP contribution in [0.3, 0.4) is 0 Å². The second kappa shape index (κ2) is 7.36. The van der Waals surface area contributed by atoms with E-state index in [0.717, 1.165) is 11.3 Å². The molecule has 124 valence electrons. The van der Waals surface area contributed by atoms with Crippen LogP contribution in [0.2, 0.25) is 0 Å². The first-order chi connectivity index (χ1) is 11.6. The van der Waals surface area contributed by atoms with E-state index in [9.17, 15) is 9.90 Å². The van der Waals surface area contributed by atoms with Crippen LogP contribution in [0.1, 0.15) is 22.3 Å². The number of benzene rings is 2. The highest BCUT2D eigenvalue weighted by Gasteiger charge is 2.24. The van der Waals surface area contributed by atoms with Crippen LogP contribution in [0, 0.1) is 0 Å². The quantitative estimate of drug-likeness (QED) is 0.723. The number of carboxylic acids is 1. The topological polar surface area (TPSA) is 68.1 Å². The number of ether oxygens (including phenoxy) is 1. The molecular formula is C17H13Br2NO4. The summed E-state index contributed by atoms with van der Waals surface area (Å²) in [6.45, 7) is 0.264. The summed E-state index contributed by atoms with van der Waals surface area (Å²) >= 11 is 6.66. The van der Waals surface area contributed by atoms with Gasteiger partial charge in [-0.15, -0.1) is 0 Å². The summed E-state index contributed by atoms with van der Waals surface area (Å²) < 4.78 is 6.83. The molecule has 0 amide bonds. The molecule has 0 aromatic heterocycles. The van der Waals surface area contributed by atoms with E-state index in [1.54, 1.807) is 6.07 Å². The highest BCUT2D eigenvalue weighted by Crippen LogP contribution is 2.36. The Kier molecular flexibility index (Phi) is 5.20. The van der Waals surface area contributed by atoms with Gasteiger partial charge in [-0.2, -0.15) is 0 Å². The number of carboxylic acid groups (broad SMARTS) is 1. The predicted molar refractivity (Wildman–Crippen MR) is 96.8 cm³/mol. The minimum absolute atomic E-state index is 0.141. The first-order valence-electron chi connectivity index (χ1n) is 7.18. The van der Waals surface area contributed by atoms with Crippen molar-refractivity contribution in [1.29, 1.82) is 0 Å². The van der Waals surface area contributed by atoms with E-state index in [1.165, 1.54) is 6.07 Å². The van der Waals surface area contributed by atoms with E-state index in [-0.39, 0.29) is 18.3 Å². The SMILES string of the molecule is O=C(O)c1ccc(Br)c(OCC2CC(c3ccccc3)=NO2)c1Br. The second-order valence-corrected chi connectivity index (χ2v) is 6.84. The third-order valence-corrected chi connectivity index (χ3v) is 4.94. The van der Waals surface area contributed by atoms with Gasteiger partial charge in [0.15, 0.2) is 6.10 Å². The van der Waals surface area contributed by atoms with Crippen molar-refractivity contribution in [2.24, 2.45) is 5.16 Å². The molecular weight excluding hydrogens is 442 g/mol. The summed E-state index contributed by atoms with van der Waals surface area (Å²) in [5.41, 5.74) is 2.04. The summed E-state index contributed by atoms with van der Waals surface area (Å²) in [5, 5.41) is 13.3. The minimum Gasteiger partial charge on any atom is -0.487 e. The van der Waals surface area contributed by atoms with E-state index >= 15 is 0 Å². The minimum atomic E-state index is -1.02. The molecule has 3 rings (SSSR count). The molecule has 1 heterocycles. The maximum Gasteiger partial charge on any atom is 0.336 e. The summed E-state index contributed by atoms with van der Waals surface area (Å²) in [6, 6.07) is 13.0. The van der Waals surface area contributed by atoms with Crippen molar-refractivity contribution in [2.45, 2.75) is 12.5 Å². The zero-order valence-corrected chi connectivity index (χ0v) is 15.6. The maximum atomic E-state index is 11.2. The maximum absolute atomic E-state index is 11.2. The molecule has 0 saturated heterocycles. The van der Waals surface area contributed by atoms with Gasteiger partial charge in [0.1, 0.15) is 12.4 Å². The molecule has 1 atom stereocenters. The number of rotatable bonds is 5. The first kappa shape index (κ1) is 17.0. The molecule has 0 bridgehead atoms. The molecule has 2 aromatic carbocycles. The van der Waals surface area contributed by atoms with Crippen LogP contribution in [0.5, 0.6) is 5.75 Å². The fraction of sp³-hybridized carbons (Fsp3) is 0.176. The van der Waals surface area contributed by atoms with Gasteiger partial charge in [0, 0.05) is 6.42 Å². The van der Waals surface area contributed by atoms with Crippen molar-refractivity contribution >= 4 is 43.5 Å². The fourth-order valence-corrected chi connectivity index (χ4v) is 3.67. The number of hydrogen-bond acceptors (Lipinski definition) is 4. The monoisotopic (exact) mass is 453 g/mol. The summed E-state index contributed by atoms with van der Waals surface area (Å²) in [5.74, 6) is -0.585. The van der Waals surface area contributed by atoms with Crippen LogP contribution >= 0.6 is 31.9 Å². The van der Waals surface area contributed by atoms with Gasteiger partial charge in [-0.1, -0.05) is 35.5 Å². The average molecular weight is 455 g/mol. The van der Waals surface area contributed by atoms with E-state index < -0.39 is 5.97 Å². The molecule has 1 aliphatic heterocycles. The van der Waals surface area contributed by atoms with Gasteiger partial charge in [0.05, 0.1) is 20.2 Å². The summed E-state index contributed by atoms with van der Waals surface area (Å²) in [4.78, 5) is 16.6. The molecule has 5 nitrogen and oxygen atoms in total. The highest BCUT2D eigenvalue weighted by molar-refractivity contribution is 9.11. The van der Waals surface area contributed by atoms with Gasteiger partial charge in [0.25, 0.3) is 0 Å². The lowest BCUT2D eigenvalue weighted by atomic mass is 10.1. The zero-order valence-electron chi connectivity index (χ0n) is 12.4. The van der Waals surface area contributed by atoms with Crippen LogP contribution < -0.4 is 4.74 Å². The Labute approximate surface area is 155 Å². The van der Waals surface area contributed by atoms with Gasteiger partial charge in [-0.3, -0.25) is 0 Å². The van der Waals surface area contributed by atoms with Crippen LogP contribution in [-0.4, -0.2) is 29.5 Å². The Morgan fingerprint density at radius 1 is 1.25 bits per heavy atom. The van der Waals surface area contributed by atoms with Gasteiger partial charge in [-0.05, 0) is 49.6 Å². The van der Waals surface area contributed by atoms with Crippen LogP contribution in [-0.2, 0) is 4.84 Å². The molecule has 0 aliphatic carbocycles. The number of hydrogen-bond donors (Lipinski definition) is 1. The first-order valence-corrected chi connectivity index (χ1v) is 8.77. The van der Waals surface area contributed by atoms with Crippen LogP contribution in [0.15, 0.2) is 56.6 Å². The Morgan fingerprint density at radius 3 is 2.71 bits per heavy atom. The lowest BCUT2D eigenvalue weighted by Crippen LogP contribution is -2.19. The number of nitrogens with zero attached hydrogens (tertiary/aromatic N) is 1. The van der Waals surface area contributed by atoms with Crippen LogP contribution in [0.4, 0.5) is 0 Å². The van der Waals surface area contributed by atoms with Crippen molar-refractivity contribution < 1.29 is 19.5 Å². The molecule has 0 radical (unpaired) electrons. The summed E-state index contributed by atoms with van der Waals surface area (Å²) in [7, 11) is 0. The van der Waals surface area contributed by atoms with E-state index in [4.69, 9.17) is 9.57 Å². The van der Waals surface area contributed by atoms with Crippen molar-refractivity contribution in [3.63, 3.8) is 0 Å². The Hall–Kier alpha value is -1.86.